The third-order valence-corrected chi connectivity index (χ3v) is 5.45. The molecule has 7 nitrogen and oxygen atoms in total. The Bertz CT molecular complexity index is 978. The highest BCUT2D eigenvalue weighted by Crippen LogP contribution is 2.44. The van der Waals surface area contributed by atoms with Crippen molar-refractivity contribution in [1.29, 1.82) is 0 Å². The minimum atomic E-state index is -1.17. The van der Waals surface area contributed by atoms with Crippen molar-refractivity contribution >= 4 is 18.0 Å². The highest BCUT2D eigenvalue weighted by molar-refractivity contribution is 5.90. The number of fused-ring (bicyclic) bond motifs is 3. The van der Waals surface area contributed by atoms with Crippen molar-refractivity contribution in [3.63, 3.8) is 0 Å². The zero-order valence-electron chi connectivity index (χ0n) is 16.3. The summed E-state index contributed by atoms with van der Waals surface area (Å²) < 4.78 is 5.42. The van der Waals surface area contributed by atoms with E-state index in [0.717, 1.165) is 27.8 Å². The molecule has 1 aliphatic heterocycles. The molecule has 7 heteroatoms. The summed E-state index contributed by atoms with van der Waals surface area (Å²) in [5, 5.41) is 11.5. The molecule has 0 aromatic heterocycles. The Balaban J connectivity index is 1.43. The Morgan fingerprint density at radius 1 is 1.07 bits per heavy atom. The second kappa shape index (κ2) is 8.02. The number of hydrogen-bond acceptors (Lipinski definition) is 4. The van der Waals surface area contributed by atoms with Crippen molar-refractivity contribution in [1.82, 2.24) is 10.2 Å². The first-order valence-corrected chi connectivity index (χ1v) is 9.72. The lowest BCUT2D eigenvalue weighted by Gasteiger charge is -2.35. The van der Waals surface area contributed by atoms with Gasteiger partial charge in [-0.15, -0.1) is 0 Å². The molecule has 2 N–H and O–H groups in total. The van der Waals surface area contributed by atoms with Gasteiger partial charge < -0.3 is 20.1 Å². The van der Waals surface area contributed by atoms with Crippen LogP contribution in [0.5, 0.6) is 0 Å². The second-order valence-electron chi connectivity index (χ2n) is 7.56. The molecule has 2 aromatic carbocycles. The first kappa shape index (κ1) is 19.7. The number of nitrogens with one attached hydrogen (secondary N) is 1. The van der Waals surface area contributed by atoms with Crippen molar-refractivity contribution in [2.24, 2.45) is 0 Å². The zero-order chi connectivity index (χ0) is 21.3. The maximum Gasteiger partial charge on any atom is 0.407 e. The first-order chi connectivity index (χ1) is 14.4. The number of alkyl carbamates (subject to hydrolysis) is 1. The molecule has 1 saturated heterocycles. The molecule has 1 heterocycles. The van der Waals surface area contributed by atoms with Gasteiger partial charge in [0.05, 0.1) is 6.42 Å². The molecule has 1 atom stereocenters. The zero-order valence-corrected chi connectivity index (χ0v) is 16.3. The molecule has 0 bridgehead atoms. The van der Waals surface area contributed by atoms with Gasteiger partial charge in [-0.25, -0.2) is 4.79 Å². The molecule has 0 saturated carbocycles. The minimum absolute atomic E-state index is 0.0916. The summed E-state index contributed by atoms with van der Waals surface area (Å²) >= 11 is 0. The lowest BCUT2D eigenvalue weighted by atomic mass is 9.98. The van der Waals surface area contributed by atoms with Crippen LogP contribution in [-0.4, -0.2) is 53.7 Å². The van der Waals surface area contributed by atoms with Gasteiger partial charge in [0.2, 0.25) is 5.91 Å². The number of benzene rings is 2. The summed E-state index contributed by atoms with van der Waals surface area (Å²) in [6.07, 6.45) is -1.32. The molecule has 4 rings (SSSR count). The van der Waals surface area contributed by atoms with E-state index in [1.165, 1.54) is 4.90 Å². The van der Waals surface area contributed by atoms with E-state index in [2.05, 4.69) is 11.9 Å². The van der Waals surface area contributed by atoms with Crippen LogP contribution in [0.1, 0.15) is 23.5 Å². The molecule has 2 aliphatic rings. The Morgan fingerprint density at radius 3 is 2.17 bits per heavy atom. The van der Waals surface area contributed by atoms with E-state index < -0.39 is 30.4 Å². The summed E-state index contributed by atoms with van der Waals surface area (Å²) in [4.78, 5) is 37.5. The Labute approximate surface area is 174 Å². The van der Waals surface area contributed by atoms with Crippen molar-refractivity contribution < 1.29 is 24.2 Å². The third kappa shape index (κ3) is 3.78. The van der Waals surface area contributed by atoms with Gasteiger partial charge in [-0.05, 0) is 27.8 Å². The summed E-state index contributed by atoms with van der Waals surface area (Å²) in [7, 11) is 0. The molecular weight excluding hydrogens is 384 g/mol. The van der Waals surface area contributed by atoms with E-state index in [4.69, 9.17) is 9.84 Å². The predicted octanol–water partition coefficient (Wildman–Crippen LogP) is 2.77. The number of carbonyl (C=O) groups is 3. The van der Waals surface area contributed by atoms with Gasteiger partial charge in [0.1, 0.15) is 12.6 Å². The average Bonchev–Trinajstić information content (AvgIpc) is 3.02. The molecule has 0 radical (unpaired) electrons. The lowest BCUT2D eigenvalue weighted by Crippen LogP contribution is -2.54. The summed E-state index contributed by atoms with van der Waals surface area (Å²) in [6.45, 7) is 4.61. The fourth-order valence-electron chi connectivity index (χ4n) is 4.03. The topological polar surface area (TPSA) is 95.9 Å². The van der Waals surface area contributed by atoms with E-state index in [0.29, 0.717) is 13.1 Å². The predicted molar refractivity (Wildman–Crippen MR) is 110 cm³/mol. The number of carbonyl (C=O) groups excluding carboxylic acids is 2. The molecule has 154 valence electrons. The quantitative estimate of drug-likeness (QED) is 0.719. The Hall–Kier alpha value is -3.61. The SMILES string of the molecule is C=C1CN(C(=O)C(CC(=O)O)NC(=O)OCC2c3ccccc3-c3ccccc32)C1. The van der Waals surface area contributed by atoms with Gasteiger partial charge in [-0.3, -0.25) is 9.59 Å². The molecule has 2 aromatic rings. The number of ether oxygens (including phenoxy) is 1. The molecule has 1 aliphatic carbocycles. The van der Waals surface area contributed by atoms with Crippen LogP contribution >= 0.6 is 0 Å². The Morgan fingerprint density at radius 2 is 1.63 bits per heavy atom. The first-order valence-electron chi connectivity index (χ1n) is 9.72. The van der Waals surface area contributed by atoms with E-state index in [1.54, 1.807) is 0 Å². The van der Waals surface area contributed by atoms with Gasteiger partial charge in [0.25, 0.3) is 0 Å². The number of hydrogen-bond donors (Lipinski definition) is 2. The number of nitrogens with zero attached hydrogens (tertiary/aromatic N) is 1. The summed E-state index contributed by atoms with van der Waals surface area (Å²) in [5.41, 5.74) is 5.25. The number of aliphatic carboxylic acids is 1. The van der Waals surface area contributed by atoms with E-state index in [-0.39, 0.29) is 12.5 Å². The van der Waals surface area contributed by atoms with E-state index in [9.17, 15) is 14.4 Å². The van der Waals surface area contributed by atoms with Crippen LogP contribution in [0.4, 0.5) is 4.79 Å². The van der Waals surface area contributed by atoms with E-state index in [1.807, 2.05) is 48.5 Å². The molecule has 0 spiro atoms. The van der Waals surface area contributed by atoms with Crippen molar-refractivity contribution in [2.45, 2.75) is 18.4 Å². The van der Waals surface area contributed by atoms with Crippen LogP contribution in [0.2, 0.25) is 0 Å². The van der Waals surface area contributed by atoms with Crippen molar-refractivity contribution in [2.75, 3.05) is 19.7 Å². The van der Waals surface area contributed by atoms with Crippen molar-refractivity contribution in [3.05, 3.63) is 71.8 Å². The highest BCUT2D eigenvalue weighted by atomic mass is 16.5. The third-order valence-electron chi connectivity index (χ3n) is 5.45. The van der Waals surface area contributed by atoms with Crippen LogP contribution in [0, 0.1) is 0 Å². The molecule has 2 amide bonds. The number of carboxylic acids is 1. The summed E-state index contributed by atoms with van der Waals surface area (Å²) in [5.74, 6) is -1.74. The molecule has 1 fully saturated rings. The van der Waals surface area contributed by atoms with Gasteiger partial charge in [-0.2, -0.15) is 0 Å². The van der Waals surface area contributed by atoms with Gasteiger partial charge in [0, 0.05) is 19.0 Å². The van der Waals surface area contributed by atoms with Crippen LogP contribution in [0.25, 0.3) is 11.1 Å². The second-order valence-corrected chi connectivity index (χ2v) is 7.56. The lowest BCUT2D eigenvalue weighted by molar-refractivity contribution is -0.143. The maximum absolute atomic E-state index is 12.5. The Kier molecular flexibility index (Phi) is 5.27. The van der Waals surface area contributed by atoms with Crippen LogP contribution < -0.4 is 5.32 Å². The average molecular weight is 406 g/mol. The van der Waals surface area contributed by atoms with Crippen molar-refractivity contribution in [3.8, 4) is 11.1 Å². The smallest absolute Gasteiger partial charge is 0.407 e. The monoisotopic (exact) mass is 406 g/mol. The van der Waals surface area contributed by atoms with Crippen LogP contribution in [0.15, 0.2) is 60.7 Å². The standard InChI is InChI=1S/C23H22N2O5/c1-14-11-25(12-14)22(28)20(10-21(26)27)24-23(29)30-13-19-17-8-4-2-6-15(17)16-7-3-5-9-18(16)19/h2-9,19-20H,1,10-13H2,(H,24,29)(H,26,27). The normalized spacial score (nSPS) is 15.6. The van der Waals surface area contributed by atoms with Gasteiger partial charge in [0.15, 0.2) is 0 Å². The summed E-state index contributed by atoms with van der Waals surface area (Å²) in [6, 6.07) is 14.7. The molecular formula is C23H22N2O5. The fourth-order valence-corrected chi connectivity index (χ4v) is 4.03. The fraction of sp³-hybridized carbons (Fsp3) is 0.261. The number of likely N-dealkylation sites (tertiary alicyclic amines) is 1. The number of carboxylic acid groups (broad SMARTS) is 1. The number of amides is 2. The number of rotatable bonds is 6. The molecule has 1 unspecified atom stereocenters. The van der Waals surface area contributed by atoms with Gasteiger partial charge in [-0.1, -0.05) is 55.1 Å². The minimum Gasteiger partial charge on any atom is -0.481 e. The highest BCUT2D eigenvalue weighted by Gasteiger charge is 2.34. The van der Waals surface area contributed by atoms with E-state index >= 15 is 0 Å². The molecule has 30 heavy (non-hydrogen) atoms. The van der Waals surface area contributed by atoms with Gasteiger partial charge >= 0.3 is 12.1 Å². The van der Waals surface area contributed by atoms with Crippen LogP contribution in [-0.2, 0) is 14.3 Å². The maximum atomic E-state index is 12.5. The van der Waals surface area contributed by atoms with Crippen LogP contribution in [0.3, 0.4) is 0 Å². The largest absolute Gasteiger partial charge is 0.481 e.